The first-order valence-electron chi connectivity index (χ1n) is 34.7. The van der Waals surface area contributed by atoms with E-state index in [-0.39, 0.29) is 5.41 Å². The van der Waals surface area contributed by atoms with Gasteiger partial charge in [-0.2, -0.15) is 0 Å². The summed E-state index contributed by atoms with van der Waals surface area (Å²) in [5.41, 5.74) is 23.0. The van der Waals surface area contributed by atoms with Crippen LogP contribution in [0, 0.1) is 0 Å². The highest BCUT2D eigenvalue weighted by molar-refractivity contribution is 6.28. The molecule has 20 aromatic carbocycles. The predicted octanol–water partition coefficient (Wildman–Crippen LogP) is 27.8. The minimum absolute atomic E-state index is 0.121. The van der Waals surface area contributed by atoms with Crippen LogP contribution >= 0.6 is 0 Å². The van der Waals surface area contributed by atoms with Crippen molar-refractivity contribution in [2.75, 3.05) is 0 Å². The molecule has 99 heavy (non-hydrogen) atoms. The Morgan fingerprint density at radius 2 is 0.424 bits per heavy atom. The van der Waals surface area contributed by atoms with Gasteiger partial charge in [0.05, 0.1) is 0 Å². The molecule has 0 heterocycles. The monoisotopic (exact) mass is 1250 g/mol. The fourth-order valence-corrected chi connectivity index (χ4v) is 17.4. The van der Waals surface area contributed by atoms with Gasteiger partial charge >= 0.3 is 0 Å². The van der Waals surface area contributed by atoms with E-state index in [0.29, 0.717) is 0 Å². The second kappa shape index (κ2) is 22.3. The Bertz CT molecular complexity index is 6200. The first-order valence-corrected chi connectivity index (χ1v) is 34.7. The molecule has 0 nitrogen and oxygen atoms in total. The van der Waals surface area contributed by atoms with Gasteiger partial charge in [0.2, 0.25) is 0 Å². The molecule has 0 N–H and O–H groups in total. The van der Waals surface area contributed by atoms with Crippen LogP contribution in [0.15, 0.2) is 352 Å². The number of hydrogen-bond acceptors (Lipinski definition) is 0. The topological polar surface area (TPSA) is 0 Å². The van der Waals surface area contributed by atoms with Crippen molar-refractivity contribution in [3.63, 3.8) is 0 Å². The zero-order valence-electron chi connectivity index (χ0n) is 55.0. The Hall–Kier alpha value is -12.5. The molecule has 0 aromatic heterocycles. The van der Waals surface area contributed by atoms with Crippen molar-refractivity contribution in [1.29, 1.82) is 0 Å². The zero-order valence-corrected chi connectivity index (χ0v) is 55.0. The number of rotatable bonds is 7. The Balaban J connectivity index is 0.000000135. The molecule has 20 aromatic rings. The van der Waals surface area contributed by atoms with Crippen LogP contribution in [0.25, 0.3) is 197 Å². The molecule has 0 radical (unpaired) electrons. The lowest BCUT2D eigenvalue weighted by Crippen LogP contribution is -2.15. The van der Waals surface area contributed by atoms with E-state index >= 15 is 0 Å². The molecular weight excluding hydrogens is 1190 g/mol. The molecule has 0 atom stereocenters. The molecule has 0 fully saturated rings. The number of benzene rings is 20. The van der Waals surface area contributed by atoms with Gasteiger partial charge in [0.15, 0.2) is 0 Å². The molecular formula is C99H64. The van der Waals surface area contributed by atoms with Crippen molar-refractivity contribution < 1.29 is 0 Å². The Morgan fingerprint density at radius 1 is 0.162 bits per heavy atom. The molecule has 0 unspecified atom stereocenters. The normalized spacial score (nSPS) is 12.6. The van der Waals surface area contributed by atoms with Crippen LogP contribution in [0.1, 0.15) is 25.0 Å². The molecule has 460 valence electrons. The maximum atomic E-state index is 2.47. The maximum absolute atomic E-state index is 2.47. The summed E-state index contributed by atoms with van der Waals surface area (Å²) in [4.78, 5) is 0. The highest BCUT2D eigenvalue weighted by atomic mass is 14.4. The van der Waals surface area contributed by atoms with Crippen molar-refractivity contribution in [2.24, 2.45) is 0 Å². The van der Waals surface area contributed by atoms with Gasteiger partial charge in [-0.25, -0.2) is 0 Å². The van der Waals surface area contributed by atoms with Gasteiger partial charge in [-0.15, -0.1) is 0 Å². The minimum Gasteiger partial charge on any atom is -0.0622 e. The van der Waals surface area contributed by atoms with E-state index in [0.717, 1.165) is 0 Å². The molecule has 0 amide bonds. The number of hydrogen-bond donors (Lipinski definition) is 0. The van der Waals surface area contributed by atoms with E-state index in [1.807, 2.05) is 0 Å². The van der Waals surface area contributed by atoms with E-state index in [4.69, 9.17) is 0 Å². The molecule has 0 saturated carbocycles. The van der Waals surface area contributed by atoms with Crippen LogP contribution in [0.4, 0.5) is 0 Å². The van der Waals surface area contributed by atoms with Crippen LogP contribution < -0.4 is 0 Å². The van der Waals surface area contributed by atoms with Crippen molar-refractivity contribution >= 4 is 108 Å². The Morgan fingerprint density at radius 3 is 0.778 bits per heavy atom. The summed E-state index contributed by atoms with van der Waals surface area (Å²) in [6.07, 6.45) is 0. The van der Waals surface area contributed by atoms with E-state index < -0.39 is 0 Å². The molecule has 0 aliphatic heterocycles. The minimum atomic E-state index is -0.121. The predicted molar refractivity (Wildman–Crippen MR) is 426 cm³/mol. The highest BCUT2D eigenvalue weighted by Gasteiger charge is 2.36. The number of fused-ring (bicyclic) bond motifs is 7. The van der Waals surface area contributed by atoms with Crippen LogP contribution in [0.5, 0.6) is 0 Å². The van der Waals surface area contributed by atoms with Gasteiger partial charge in [-0.1, -0.05) is 341 Å². The van der Waals surface area contributed by atoms with Gasteiger partial charge in [0, 0.05) is 5.41 Å². The maximum Gasteiger partial charge on any atom is 0.0159 e. The van der Waals surface area contributed by atoms with Crippen molar-refractivity contribution in [1.82, 2.24) is 0 Å². The lowest BCUT2D eigenvalue weighted by atomic mass is 9.80. The summed E-state index contributed by atoms with van der Waals surface area (Å²) in [5, 5.41) is 26.1. The smallest absolute Gasteiger partial charge is 0.0159 e. The summed E-state index contributed by atoms with van der Waals surface area (Å²) in [5.74, 6) is 0. The first-order chi connectivity index (χ1) is 48.9. The molecule has 1 aliphatic rings. The molecule has 0 bridgehead atoms. The van der Waals surface area contributed by atoms with Crippen molar-refractivity contribution in [3.05, 3.63) is 363 Å². The van der Waals surface area contributed by atoms with E-state index in [1.54, 1.807) is 0 Å². The van der Waals surface area contributed by atoms with E-state index in [9.17, 15) is 0 Å². The van der Waals surface area contributed by atoms with Gasteiger partial charge in [-0.05, 0) is 232 Å². The molecule has 1 aliphatic carbocycles. The standard InChI is InChI=1S/C52H34.C47H30/c1-5-17-35(18-6-1)49-41-25-13-15-27-43(41)51(37-21-9-3-10-22-37)47-33-39(29-31-45(47)49)40-30-32-46-48(34-40)52(38-23-11-4-12-24-38)44-28-16-14-26-42(44)50(46)36-19-7-2-8-20-36;1-47(2)41-25-33(35-19-13-31-11-9-27-5-3-7-29-15-23-39(35)45(31)43(27)29)17-21-37(41)38-22-18-34(26-42(38)47)36-20-14-32-12-10-28-6-4-8-30-16-24-40(36)46(32)44(28)30/h1-34H;3-26H,1-2H3. The van der Waals surface area contributed by atoms with E-state index in [2.05, 4.69) is 366 Å². The highest BCUT2D eigenvalue weighted by Crippen LogP contribution is 2.53. The quantitative estimate of drug-likeness (QED) is 0.110. The second-order valence-electron chi connectivity index (χ2n) is 27.7. The molecule has 0 saturated heterocycles. The van der Waals surface area contributed by atoms with Crippen LogP contribution in [-0.2, 0) is 5.41 Å². The van der Waals surface area contributed by atoms with Gasteiger partial charge in [-0.3, -0.25) is 0 Å². The third kappa shape index (κ3) is 8.86. The van der Waals surface area contributed by atoms with Crippen LogP contribution in [0.3, 0.4) is 0 Å². The van der Waals surface area contributed by atoms with E-state index in [1.165, 1.54) is 208 Å². The van der Waals surface area contributed by atoms with Crippen LogP contribution in [0.2, 0.25) is 0 Å². The summed E-state index contributed by atoms with van der Waals surface area (Å²) >= 11 is 0. The lowest BCUT2D eigenvalue weighted by molar-refractivity contribution is 0.661. The third-order valence-corrected chi connectivity index (χ3v) is 22.0. The summed E-state index contributed by atoms with van der Waals surface area (Å²) < 4.78 is 0. The largest absolute Gasteiger partial charge is 0.0622 e. The Labute approximate surface area is 575 Å². The molecule has 0 spiro atoms. The lowest BCUT2D eigenvalue weighted by Gasteiger charge is -2.23. The fraction of sp³-hybridized carbons (Fsp3) is 0.0303. The van der Waals surface area contributed by atoms with Gasteiger partial charge in [0.25, 0.3) is 0 Å². The van der Waals surface area contributed by atoms with Crippen molar-refractivity contribution in [3.8, 4) is 89.0 Å². The third-order valence-electron chi connectivity index (χ3n) is 22.0. The fourth-order valence-electron chi connectivity index (χ4n) is 17.4. The first kappa shape index (κ1) is 56.8. The van der Waals surface area contributed by atoms with Gasteiger partial charge in [0.1, 0.15) is 0 Å². The average Bonchev–Trinajstić information content (AvgIpc) is 1.72. The zero-order chi connectivity index (χ0) is 65.5. The van der Waals surface area contributed by atoms with Crippen molar-refractivity contribution in [2.45, 2.75) is 19.3 Å². The second-order valence-corrected chi connectivity index (χ2v) is 27.7. The summed E-state index contributed by atoms with van der Waals surface area (Å²) in [7, 11) is 0. The summed E-state index contributed by atoms with van der Waals surface area (Å²) in [6.45, 7) is 4.80. The van der Waals surface area contributed by atoms with Gasteiger partial charge < -0.3 is 0 Å². The Kier molecular flexibility index (Phi) is 12.8. The SMILES string of the molecule is CC1(C)c2cc(-c3ccc4ccc5cccc6ccc3c4c56)ccc2-c2ccc(-c3ccc4ccc5cccc6ccc3c4c56)cc21.c1ccc(-c2c3ccccc3c(-c3ccccc3)c3cc(-c4ccc5c(-c6ccccc6)c6ccccc6c(-c6ccccc6)c5c4)ccc23)cc1. The molecule has 0 heteroatoms. The summed E-state index contributed by atoms with van der Waals surface area (Å²) in [6, 6.07) is 131. The molecule has 21 rings (SSSR count). The van der Waals surface area contributed by atoms with Crippen LogP contribution in [-0.4, -0.2) is 0 Å². The average molecular weight is 1250 g/mol.